The average molecular weight is 321 g/mol. The van der Waals surface area contributed by atoms with Crippen LogP contribution >= 0.6 is 11.3 Å². The number of amides is 1. The van der Waals surface area contributed by atoms with Crippen LogP contribution in [0.1, 0.15) is 20.1 Å². The smallest absolute Gasteiger partial charge is 0.261 e. The minimum atomic E-state index is -0.0909. The monoisotopic (exact) mass is 321 g/mol. The molecule has 1 N–H and O–H groups in total. The molecular weight excluding hydrogens is 302 g/mol. The zero-order valence-electron chi connectivity index (χ0n) is 13.1. The molecule has 0 aliphatic carbocycles. The van der Waals surface area contributed by atoms with Crippen LogP contribution in [-0.4, -0.2) is 27.2 Å². The highest BCUT2D eigenvalue weighted by atomic mass is 32.1. The second kappa shape index (κ2) is 7.17. The van der Waals surface area contributed by atoms with E-state index < -0.39 is 0 Å². The van der Waals surface area contributed by atoms with E-state index in [4.69, 9.17) is 14.2 Å². The highest BCUT2D eigenvalue weighted by Gasteiger charge is 2.14. The molecule has 0 atom stereocenters. The minimum absolute atomic E-state index is 0.0909. The molecule has 0 aliphatic heterocycles. The Morgan fingerprint density at radius 2 is 1.73 bits per heavy atom. The van der Waals surface area contributed by atoms with Crippen molar-refractivity contribution in [3.05, 3.63) is 39.6 Å². The standard InChI is InChI=1S/C16H19NO4S/c1-10-5-6-14(22-10)16(18)17-9-11-7-12(19-2)15(21-4)13(8-11)20-3/h5-8H,9H2,1-4H3,(H,17,18). The van der Waals surface area contributed by atoms with Gasteiger partial charge in [0.15, 0.2) is 11.5 Å². The Morgan fingerprint density at radius 1 is 1.09 bits per heavy atom. The number of hydrogen-bond acceptors (Lipinski definition) is 5. The molecule has 0 saturated carbocycles. The number of nitrogens with one attached hydrogen (secondary N) is 1. The van der Waals surface area contributed by atoms with Gasteiger partial charge in [0.1, 0.15) is 0 Å². The first kappa shape index (κ1) is 16.2. The van der Waals surface area contributed by atoms with Gasteiger partial charge >= 0.3 is 0 Å². The van der Waals surface area contributed by atoms with Gasteiger partial charge in [-0.2, -0.15) is 0 Å². The molecule has 1 aromatic heterocycles. The Balaban J connectivity index is 2.14. The van der Waals surface area contributed by atoms with Gasteiger partial charge in [-0.3, -0.25) is 4.79 Å². The molecule has 0 fully saturated rings. The van der Waals surface area contributed by atoms with E-state index >= 15 is 0 Å². The first-order chi connectivity index (χ1) is 10.6. The van der Waals surface area contributed by atoms with Crippen molar-refractivity contribution in [3.63, 3.8) is 0 Å². The molecule has 0 saturated heterocycles. The molecule has 2 aromatic rings. The number of carbonyl (C=O) groups excluding carboxylic acids is 1. The van der Waals surface area contributed by atoms with Gasteiger partial charge in [-0.15, -0.1) is 11.3 Å². The number of thiophene rings is 1. The molecule has 118 valence electrons. The maximum Gasteiger partial charge on any atom is 0.261 e. The molecule has 0 aliphatic rings. The summed E-state index contributed by atoms with van der Waals surface area (Å²) in [5.41, 5.74) is 0.871. The van der Waals surface area contributed by atoms with Crippen molar-refractivity contribution in [1.82, 2.24) is 5.32 Å². The Labute approximate surface area is 133 Å². The Bertz CT molecular complexity index is 641. The van der Waals surface area contributed by atoms with Crippen LogP contribution in [0.15, 0.2) is 24.3 Å². The lowest BCUT2D eigenvalue weighted by atomic mass is 10.1. The third kappa shape index (κ3) is 3.51. The first-order valence-corrected chi connectivity index (χ1v) is 7.54. The average Bonchev–Trinajstić information content (AvgIpc) is 2.97. The number of rotatable bonds is 6. The molecule has 1 amide bonds. The lowest BCUT2D eigenvalue weighted by Gasteiger charge is -2.14. The van der Waals surface area contributed by atoms with E-state index in [9.17, 15) is 4.79 Å². The zero-order valence-corrected chi connectivity index (χ0v) is 13.9. The van der Waals surface area contributed by atoms with E-state index in [-0.39, 0.29) is 5.91 Å². The van der Waals surface area contributed by atoms with Gasteiger partial charge in [0.25, 0.3) is 5.91 Å². The van der Waals surface area contributed by atoms with Crippen molar-refractivity contribution in [1.29, 1.82) is 0 Å². The Morgan fingerprint density at radius 3 is 2.18 bits per heavy atom. The molecule has 1 aromatic carbocycles. The van der Waals surface area contributed by atoms with Crippen LogP contribution < -0.4 is 19.5 Å². The molecule has 2 rings (SSSR count). The van der Waals surface area contributed by atoms with Crippen LogP contribution in [0.4, 0.5) is 0 Å². The number of benzene rings is 1. The molecule has 6 heteroatoms. The van der Waals surface area contributed by atoms with Crippen LogP contribution in [0.2, 0.25) is 0 Å². The summed E-state index contributed by atoms with van der Waals surface area (Å²) < 4.78 is 15.9. The van der Waals surface area contributed by atoms with Crippen molar-refractivity contribution in [2.24, 2.45) is 0 Å². The van der Waals surface area contributed by atoms with E-state index in [1.165, 1.54) is 11.3 Å². The van der Waals surface area contributed by atoms with Crippen molar-refractivity contribution < 1.29 is 19.0 Å². The van der Waals surface area contributed by atoms with Crippen molar-refractivity contribution in [2.45, 2.75) is 13.5 Å². The fraction of sp³-hybridized carbons (Fsp3) is 0.312. The van der Waals surface area contributed by atoms with Crippen LogP contribution in [0.5, 0.6) is 17.2 Å². The van der Waals surface area contributed by atoms with Gasteiger partial charge in [0, 0.05) is 11.4 Å². The van der Waals surface area contributed by atoms with Gasteiger partial charge in [-0.05, 0) is 36.8 Å². The van der Waals surface area contributed by atoms with E-state index in [0.29, 0.717) is 28.7 Å². The van der Waals surface area contributed by atoms with Crippen LogP contribution in [0, 0.1) is 6.92 Å². The lowest BCUT2D eigenvalue weighted by molar-refractivity contribution is 0.0955. The van der Waals surface area contributed by atoms with Crippen molar-refractivity contribution in [2.75, 3.05) is 21.3 Å². The molecule has 5 nitrogen and oxygen atoms in total. The summed E-state index contributed by atoms with van der Waals surface area (Å²) in [4.78, 5) is 13.9. The summed E-state index contributed by atoms with van der Waals surface area (Å²) in [6.45, 7) is 2.35. The number of aryl methyl sites for hydroxylation is 1. The summed E-state index contributed by atoms with van der Waals surface area (Å²) in [6, 6.07) is 7.39. The Hall–Kier alpha value is -2.21. The van der Waals surface area contributed by atoms with Gasteiger partial charge in [-0.1, -0.05) is 0 Å². The topological polar surface area (TPSA) is 56.8 Å². The van der Waals surface area contributed by atoms with Crippen LogP contribution in [0.3, 0.4) is 0 Å². The molecule has 22 heavy (non-hydrogen) atoms. The van der Waals surface area contributed by atoms with E-state index in [1.54, 1.807) is 21.3 Å². The predicted octanol–water partition coefficient (Wildman–Crippen LogP) is 3.01. The highest BCUT2D eigenvalue weighted by molar-refractivity contribution is 7.13. The van der Waals surface area contributed by atoms with E-state index in [1.807, 2.05) is 31.2 Å². The third-order valence-corrected chi connectivity index (χ3v) is 4.14. The molecule has 1 heterocycles. The SMILES string of the molecule is COc1cc(CNC(=O)c2ccc(C)s2)cc(OC)c1OC. The van der Waals surface area contributed by atoms with Crippen molar-refractivity contribution >= 4 is 17.2 Å². The first-order valence-electron chi connectivity index (χ1n) is 6.72. The van der Waals surface area contributed by atoms with Gasteiger partial charge < -0.3 is 19.5 Å². The second-order valence-corrected chi connectivity index (χ2v) is 5.91. The molecule has 0 unspecified atom stereocenters. The van der Waals surface area contributed by atoms with Gasteiger partial charge in [0.05, 0.1) is 26.2 Å². The zero-order chi connectivity index (χ0) is 16.1. The normalized spacial score (nSPS) is 10.2. The molecule has 0 spiro atoms. The highest BCUT2D eigenvalue weighted by Crippen LogP contribution is 2.38. The lowest BCUT2D eigenvalue weighted by Crippen LogP contribution is -2.21. The number of carbonyl (C=O) groups is 1. The van der Waals surface area contributed by atoms with E-state index in [0.717, 1.165) is 10.4 Å². The summed E-state index contributed by atoms with van der Waals surface area (Å²) in [7, 11) is 4.68. The van der Waals surface area contributed by atoms with Gasteiger partial charge in [-0.25, -0.2) is 0 Å². The number of ether oxygens (including phenoxy) is 3. The summed E-state index contributed by atoms with van der Waals surface area (Å²) in [5.74, 6) is 1.58. The third-order valence-electron chi connectivity index (χ3n) is 3.14. The summed E-state index contributed by atoms with van der Waals surface area (Å²) in [6.07, 6.45) is 0. The maximum absolute atomic E-state index is 12.1. The molecule has 0 radical (unpaired) electrons. The van der Waals surface area contributed by atoms with Crippen molar-refractivity contribution in [3.8, 4) is 17.2 Å². The number of methoxy groups -OCH3 is 3. The quantitative estimate of drug-likeness (QED) is 0.888. The fourth-order valence-corrected chi connectivity index (χ4v) is 2.85. The summed E-state index contributed by atoms with van der Waals surface area (Å²) >= 11 is 1.47. The van der Waals surface area contributed by atoms with Gasteiger partial charge in [0.2, 0.25) is 5.75 Å². The summed E-state index contributed by atoms with van der Waals surface area (Å²) in [5, 5.41) is 2.89. The van der Waals surface area contributed by atoms with Crippen LogP contribution in [0.25, 0.3) is 0 Å². The van der Waals surface area contributed by atoms with E-state index in [2.05, 4.69) is 5.32 Å². The fourth-order valence-electron chi connectivity index (χ4n) is 2.06. The predicted molar refractivity (Wildman–Crippen MR) is 86.3 cm³/mol. The van der Waals surface area contributed by atoms with Crippen LogP contribution in [-0.2, 0) is 6.54 Å². The molecular formula is C16H19NO4S. The Kier molecular flexibility index (Phi) is 5.27. The molecule has 0 bridgehead atoms. The maximum atomic E-state index is 12.1. The number of hydrogen-bond donors (Lipinski definition) is 1. The second-order valence-electron chi connectivity index (χ2n) is 4.63. The minimum Gasteiger partial charge on any atom is -0.493 e. The largest absolute Gasteiger partial charge is 0.493 e.